The van der Waals surface area contributed by atoms with Crippen molar-refractivity contribution in [3.63, 3.8) is 0 Å². The molecule has 2 atom stereocenters. The third-order valence-electron chi connectivity index (χ3n) is 12.3. The fourth-order valence-electron chi connectivity index (χ4n) is 9.70. The van der Waals surface area contributed by atoms with Gasteiger partial charge < -0.3 is 9.80 Å². The monoisotopic (exact) mass is 742 g/mol. The Balaban J connectivity index is 1.14. The van der Waals surface area contributed by atoms with Crippen molar-refractivity contribution >= 4 is 55.7 Å². The van der Waals surface area contributed by atoms with E-state index in [2.05, 4.69) is 228 Å². The normalized spacial score (nSPS) is 16.6. The summed E-state index contributed by atoms with van der Waals surface area (Å²) in [6, 6.07) is 66.9. The SMILES string of the molecule is C1=CCC2C(=C1)C1=CC=CCC1c1cc(N(c3ccccc3)c3cccc4ccccc34)ccc1-c1ccc(N(c3ccccc3)c3cccc4ccccc34)cc12. The molecule has 0 amide bonds. The van der Waals surface area contributed by atoms with Crippen molar-refractivity contribution in [3.05, 3.63) is 241 Å². The maximum absolute atomic E-state index is 2.49. The van der Waals surface area contributed by atoms with Crippen LogP contribution in [-0.2, 0) is 0 Å². The molecule has 3 aliphatic rings. The lowest BCUT2D eigenvalue weighted by molar-refractivity contribution is 0.731. The van der Waals surface area contributed by atoms with Crippen LogP contribution in [0.3, 0.4) is 0 Å². The molecule has 8 aromatic rings. The number of rotatable bonds is 6. The van der Waals surface area contributed by atoms with Crippen LogP contribution in [0, 0.1) is 0 Å². The maximum Gasteiger partial charge on any atom is 0.0540 e. The molecule has 2 unspecified atom stereocenters. The van der Waals surface area contributed by atoms with Gasteiger partial charge in [0.1, 0.15) is 0 Å². The van der Waals surface area contributed by atoms with Gasteiger partial charge in [0.25, 0.3) is 0 Å². The number of hydrogen-bond acceptors (Lipinski definition) is 2. The first-order valence-electron chi connectivity index (χ1n) is 20.5. The third-order valence-corrected chi connectivity index (χ3v) is 12.3. The zero-order valence-electron chi connectivity index (χ0n) is 32.2. The topological polar surface area (TPSA) is 6.48 Å². The van der Waals surface area contributed by atoms with Crippen LogP contribution in [0.15, 0.2) is 230 Å². The number of benzene rings is 8. The minimum atomic E-state index is 0.231. The zero-order valence-corrected chi connectivity index (χ0v) is 32.2. The van der Waals surface area contributed by atoms with Gasteiger partial charge >= 0.3 is 0 Å². The van der Waals surface area contributed by atoms with Crippen LogP contribution < -0.4 is 9.80 Å². The second-order valence-corrected chi connectivity index (χ2v) is 15.6. The molecule has 2 heteroatoms. The van der Waals surface area contributed by atoms with Crippen LogP contribution in [0.25, 0.3) is 32.7 Å². The van der Waals surface area contributed by atoms with Crippen molar-refractivity contribution in [2.24, 2.45) is 0 Å². The smallest absolute Gasteiger partial charge is 0.0540 e. The minimum absolute atomic E-state index is 0.231. The van der Waals surface area contributed by atoms with Crippen molar-refractivity contribution in [2.45, 2.75) is 24.7 Å². The van der Waals surface area contributed by atoms with E-state index in [4.69, 9.17) is 0 Å². The first-order valence-corrected chi connectivity index (χ1v) is 20.5. The number of hydrogen-bond donors (Lipinski definition) is 0. The van der Waals surface area contributed by atoms with Gasteiger partial charge in [-0.25, -0.2) is 0 Å². The van der Waals surface area contributed by atoms with Gasteiger partial charge in [-0.15, -0.1) is 0 Å². The van der Waals surface area contributed by atoms with Crippen molar-refractivity contribution < 1.29 is 0 Å². The van der Waals surface area contributed by atoms with Gasteiger partial charge in [-0.3, -0.25) is 0 Å². The standard InChI is InChI=1S/C56H42N2/c1-3-21-41(22-4-1)57(55-31-15-19-39-17-7-9-25-45(39)55)43-33-35-51-52-36-34-44(58(42-23-5-2-6-24-42)56-32-16-20-40-18-8-10-26-46(40)56)38-54(52)50-30-14-12-28-48(50)47-27-11-13-29-49(47)53(51)37-43/h1-28,31-38,49-50H,29-30H2. The Kier molecular flexibility index (Phi) is 8.47. The van der Waals surface area contributed by atoms with Crippen LogP contribution in [-0.4, -0.2) is 0 Å². The summed E-state index contributed by atoms with van der Waals surface area (Å²) in [5, 5.41) is 4.93. The Hall–Kier alpha value is -7.16. The first kappa shape index (κ1) is 34.1. The van der Waals surface area contributed by atoms with Crippen LogP contribution in [0.4, 0.5) is 34.1 Å². The molecule has 0 aliphatic heterocycles. The summed E-state index contributed by atoms with van der Waals surface area (Å²) in [4.78, 5) is 4.89. The Labute approximate surface area is 340 Å². The number of anilines is 6. The summed E-state index contributed by atoms with van der Waals surface area (Å²) >= 11 is 0. The van der Waals surface area contributed by atoms with Crippen molar-refractivity contribution in [3.8, 4) is 11.1 Å². The lowest BCUT2D eigenvalue weighted by atomic mass is 9.68. The highest BCUT2D eigenvalue weighted by Crippen LogP contribution is 2.53. The summed E-state index contributed by atoms with van der Waals surface area (Å²) in [7, 11) is 0. The fourth-order valence-corrected chi connectivity index (χ4v) is 9.70. The molecule has 11 rings (SSSR count). The predicted octanol–water partition coefficient (Wildman–Crippen LogP) is 15.6. The van der Waals surface area contributed by atoms with E-state index < -0.39 is 0 Å². The molecule has 0 heterocycles. The van der Waals surface area contributed by atoms with Gasteiger partial charge in [0.2, 0.25) is 0 Å². The van der Waals surface area contributed by atoms with Crippen LogP contribution in [0.1, 0.15) is 35.8 Å². The minimum Gasteiger partial charge on any atom is -0.310 e. The number of para-hydroxylation sites is 2. The highest BCUT2D eigenvalue weighted by Gasteiger charge is 2.34. The van der Waals surface area contributed by atoms with E-state index in [9.17, 15) is 0 Å². The van der Waals surface area contributed by atoms with Gasteiger partial charge in [0.15, 0.2) is 0 Å². The Morgan fingerprint density at radius 3 is 1.24 bits per heavy atom. The van der Waals surface area contributed by atoms with Crippen molar-refractivity contribution in [1.82, 2.24) is 0 Å². The lowest BCUT2D eigenvalue weighted by Crippen LogP contribution is -2.19. The molecular weight excluding hydrogens is 701 g/mol. The first-order chi connectivity index (χ1) is 28.8. The van der Waals surface area contributed by atoms with Crippen LogP contribution in [0.5, 0.6) is 0 Å². The molecule has 0 spiro atoms. The molecule has 0 radical (unpaired) electrons. The second-order valence-electron chi connectivity index (χ2n) is 15.6. The average Bonchev–Trinajstić information content (AvgIpc) is 3.30. The van der Waals surface area contributed by atoms with E-state index in [1.54, 1.807) is 0 Å². The summed E-state index contributed by atoms with van der Waals surface area (Å²) in [5.74, 6) is 0.462. The molecule has 3 aliphatic carbocycles. The Morgan fingerprint density at radius 1 is 0.362 bits per heavy atom. The van der Waals surface area contributed by atoms with Crippen molar-refractivity contribution in [2.75, 3.05) is 9.80 Å². The highest BCUT2D eigenvalue weighted by atomic mass is 15.1. The van der Waals surface area contributed by atoms with E-state index in [0.29, 0.717) is 0 Å². The lowest BCUT2D eigenvalue weighted by Gasteiger charge is -2.37. The molecule has 0 bridgehead atoms. The summed E-state index contributed by atoms with van der Waals surface area (Å²) < 4.78 is 0. The molecule has 58 heavy (non-hydrogen) atoms. The molecule has 0 fully saturated rings. The molecule has 276 valence electrons. The number of fused-ring (bicyclic) bond motifs is 10. The Bertz CT molecular complexity index is 2750. The highest BCUT2D eigenvalue weighted by molar-refractivity contribution is 6.00. The van der Waals surface area contributed by atoms with Gasteiger partial charge in [-0.2, -0.15) is 0 Å². The largest absolute Gasteiger partial charge is 0.310 e. The van der Waals surface area contributed by atoms with Crippen molar-refractivity contribution in [1.29, 1.82) is 0 Å². The number of allylic oxidation sites excluding steroid dienone is 8. The van der Waals surface area contributed by atoms with Gasteiger partial charge in [0.05, 0.1) is 11.4 Å². The van der Waals surface area contributed by atoms with Gasteiger partial charge in [-0.1, -0.05) is 158 Å². The predicted molar refractivity (Wildman–Crippen MR) is 245 cm³/mol. The Morgan fingerprint density at radius 2 is 0.776 bits per heavy atom. The maximum atomic E-state index is 2.49. The zero-order chi connectivity index (χ0) is 38.4. The molecule has 0 saturated heterocycles. The van der Waals surface area contributed by atoms with E-state index in [0.717, 1.165) is 35.6 Å². The molecule has 0 saturated carbocycles. The quantitative estimate of drug-likeness (QED) is 0.167. The number of nitrogens with zero attached hydrogens (tertiary/aromatic N) is 2. The average molecular weight is 743 g/mol. The van der Waals surface area contributed by atoms with Crippen LogP contribution in [0.2, 0.25) is 0 Å². The van der Waals surface area contributed by atoms with Gasteiger partial charge in [-0.05, 0) is 118 Å². The summed E-state index contributed by atoms with van der Waals surface area (Å²) in [5.41, 5.74) is 15.2. The molecule has 8 aromatic carbocycles. The van der Waals surface area contributed by atoms with Crippen LogP contribution >= 0.6 is 0 Å². The fraction of sp³-hybridized carbons (Fsp3) is 0.0714. The third kappa shape index (κ3) is 5.80. The summed E-state index contributed by atoms with van der Waals surface area (Å²) in [6.45, 7) is 0. The van der Waals surface area contributed by atoms with Gasteiger partial charge in [0, 0.05) is 45.4 Å². The van der Waals surface area contributed by atoms with E-state index >= 15 is 0 Å². The van der Waals surface area contributed by atoms with E-state index in [-0.39, 0.29) is 11.8 Å². The molecule has 0 aromatic heterocycles. The molecule has 0 N–H and O–H groups in total. The summed E-state index contributed by atoms with van der Waals surface area (Å²) in [6.07, 6.45) is 16.0. The molecular formula is C56H42N2. The second kappa shape index (κ2) is 14.4. The van der Waals surface area contributed by atoms with E-state index in [1.165, 1.54) is 66.3 Å². The molecule has 2 nitrogen and oxygen atoms in total. The van der Waals surface area contributed by atoms with E-state index in [1.807, 2.05) is 0 Å².